The van der Waals surface area contributed by atoms with Gasteiger partial charge in [0.05, 0.1) is 13.7 Å². The molecular formula is C17H28IN3O2. The van der Waals surface area contributed by atoms with E-state index in [1.54, 1.807) is 7.11 Å². The van der Waals surface area contributed by atoms with Crippen molar-refractivity contribution in [3.8, 4) is 11.5 Å². The average molecular weight is 433 g/mol. The highest BCUT2D eigenvalue weighted by atomic mass is 127. The molecule has 130 valence electrons. The molecule has 5 nitrogen and oxygen atoms in total. The number of methoxy groups -OCH3 is 1. The number of rotatable bonds is 6. The molecular weight excluding hydrogens is 405 g/mol. The van der Waals surface area contributed by atoms with Crippen LogP contribution in [0.1, 0.15) is 38.3 Å². The molecule has 0 amide bonds. The highest BCUT2D eigenvalue weighted by Crippen LogP contribution is 2.35. The summed E-state index contributed by atoms with van der Waals surface area (Å²) in [4.78, 5) is 4.39. The minimum Gasteiger partial charge on any atom is -0.496 e. The van der Waals surface area contributed by atoms with E-state index in [9.17, 15) is 0 Å². The topological polar surface area (TPSA) is 68.9 Å². The largest absolute Gasteiger partial charge is 0.496 e. The third-order valence-electron chi connectivity index (χ3n) is 3.75. The summed E-state index contributed by atoms with van der Waals surface area (Å²) in [5.41, 5.74) is 8.09. The monoisotopic (exact) mass is 433 g/mol. The normalized spacial score (nSPS) is 16.6. The van der Waals surface area contributed by atoms with Crippen LogP contribution in [0.3, 0.4) is 0 Å². The molecule has 1 heterocycles. The number of nitrogens with two attached hydrogens (primary N) is 1. The van der Waals surface area contributed by atoms with E-state index in [0.717, 1.165) is 36.4 Å². The third kappa shape index (κ3) is 5.75. The Morgan fingerprint density at radius 2 is 2.22 bits per heavy atom. The van der Waals surface area contributed by atoms with Crippen LogP contribution in [0.4, 0.5) is 0 Å². The molecule has 1 atom stereocenters. The van der Waals surface area contributed by atoms with E-state index in [-0.39, 0.29) is 30.1 Å². The number of guanidine groups is 1. The highest BCUT2D eigenvalue weighted by molar-refractivity contribution is 14.0. The zero-order valence-electron chi connectivity index (χ0n) is 14.4. The number of benzene rings is 1. The van der Waals surface area contributed by atoms with Crippen molar-refractivity contribution in [2.24, 2.45) is 16.6 Å². The average Bonchev–Trinajstić information content (AvgIpc) is 2.82. The van der Waals surface area contributed by atoms with Gasteiger partial charge in [0.25, 0.3) is 0 Å². The highest BCUT2D eigenvalue weighted by Gasteiger charge is 2.21. The van der Waals surface area contributed by atoms with Crippen LogP contribution in [-0.2, 0) is 13.0 Å². The van der Waals surface area contributed by atoms with Gasteiger partial charge in [0, 0.05) is 24.1 Å². The van der Waals surface area contributed by atoms with Crippen LogP contribution in [0.2, 0.25) is 0 Å². The van der Waals surface area contributed by atoms with Crippen LogP contribution < -0.4 is 20.5 Å². The predicted octanol–water partition coefficient (Wildman–Crippen LogP) is 3.09. The van der Waals surface area contributed by atoms with E-state index >= 15 is 0 Å². The van der Waals surface area contributed by atoms with E-state index < -0.39 is 0 Å². The van der Waals surface area contributed by atoms with Gasteiger partial charge in [-0.05, 0) is 31.4 Å². The number of nitrogens with one attached hydrogen (secondary N) is 1. The van der Waals surface area contributed by atoms with E-state index in [2.05, 4.69) is 31.1 Å². The van der Waals surface area contributed by atoms with E-state index in [1.165, 1.54) is 5.56 Å². The number of halogens is 1. The number of aliphatic imine (C=N–C) groups is 1. The molecule has 1 unspecified atom stereocenters. The first-order valence-electron chi connectivity index (χ1n) is 7.89. The van der Waals surface area contributed by atoms with Gasteiger partial charge in [-0.15, -0.1) is 24.0 Å². The lowest BCUT2D eigenvalue weighted by atomic mass is 10.1. The Morgan fingerprint density at radius 1 is 1.48 bits per heavy atom. The van der Waals surface area contributed by atoms with Crippen molar-refractivity contribution >= 4 is 29.9 Å². The van der Waals surface area contributed by atoms with Crippen LogP contribution in [0.5, 0.6) is 11.5 Å². The second-order valence-corrected chi connectivity index (χ2v) is 6.22. The molecule has 3 N–H and O–H groups in total. The lowest BCUT2D eigenvalue weighted by Gasteiger charge is -2.11. The van der Waals surface area contributed by atoms with Gasteiger partial charge in [-0.2, -0.15) is 0 Å². The predicted molar refractivity (Wildman–Crippen MR) is 105 cm³/mol. The molecule has 1 aromatic rings. The summed E-state index contributed by atoms with van der Waals surface area (Å²) in [7, 11) is 1.68. The Bertz CT molecular complexity index is 547. The molecule has 23 heavy (non-hydrogen) atoms. The molecule has 0 aliphatic carbocycles. The Balaban J connectivity index is 0.00000264. The molecule has 0 fully saturated rings. The fourth-order valence-electron chi connectivity index (χ4n) is 2.51. The van der Waals surface area contributed by atoms with Crippen molar-refractivity contribution < 1.29 is 9.47 Å². The van der Waals surface area contributed by atoms with Crippen LogP contribution >= 0.6 is 24.0 Å². The summed E-state index contributed by atoms with van der Waals surface area (Å²) in [5, 5.41) is 3.14. The maximum Gasteiger partial charge on any atom is 0.188 e. The Morgan fingerprint density at radius 3 is 2.87 bits per heavy atom. The number of hydrogen-bond acceptors (Lipinski definition) is 3. The molecule has 0 saturated heterocycles. The number of nitrogens with zero attached hydrogens (tertiary/aromatic N) is 1. The molecule has 6 heteroatoms. The molecule has 1 aliphatic heterocycles. The summed E-state index contributed by atoms with van der Waals surface area (Å²) in [6.07, 6.45) is 2.22. The molecule has 0 spiro atoms. The first-order chi connectivity index (χ1) is 10.5. The van der Waals surface area contributed by atoms with Crippen molar-refractivity contribution in [2.45, 2.75) is 46.3 Å². The maximum absolute atomic E-state index is 5.90. The fraction of sp³-hybridized carbons (Fsp3) is 0.588. The van der Waals surface area contributed by atoms with Gasteiger partial charge in [-0.3, -0.25) is 0 Å². The summed E-state index contributed by atoms with van der Waals surface area (Å²) in [6.45, 7) is 7.77. The number of ether oxygens (including phenoxy) is 2. The first-order valence-corrected chi connectivity index (χ1v) is 7.89. The van der Waals surface area contributed by atoms with Gasteiger partial charge in [0.1, 0.15) is 17.6 Å². The smallest absolute Gasteiger partial charge is 0.188 e. The van der Waals surface area contributed by atoms with Gasteiger partial charge in [-0.25, -0.2) is 4.99 Å². The Kier molecular flexibility index (Phi) is 7.94. The zero-order chi connectivity index (χ0) is 16.1. The second-order valence-electron chi connectivity index (χ2n) is 6.22. The molecule has 1 aromatic carbocycles. The second kappa shape index (κ2) is 9.20. The van der Waals surface area contributed by atoms with Gasteiger partial charge >= 0.3 is 0 Å². The van der Waals surface area contributed by atoms with Gasteiger partial charge in [0.15, 0.2) is 5.96 Å². The Labute approximate surface area is 156 Å². The third-order valence-corrected chi connectivity index (χ3v) is 3.75. The van der Waals surface area contributed by atoms with Crippen LogP contribution in [0.15, 0.2) is 17.1 Å². The lowest BCUT2D eigenvalue weighted by molar-refractivity contribution is 0.254. The maximum atomic E-state index is 5.90. The molecule has 0 saturated carbocycles. The molecule has 0 radical (unpaired) electrons. The van der Waals surface area contributed by atoms with Crippen LogP contribution in [0, 0.1) is 5.92 Å². The van der Waals surface area contributed by atoms with Crippen molar-refractivity contribution in [3.63, 3.8) is 0 Å². The molecule has 0 bridgehead atoms. The molecule has 0 aromatic heterocycles. The molecule has 2 rings (SSSR count). The van der Waals surface area contributed by atoms with Crippen LogP contribution in [0.25, 0.3) is 0 Å². The van der Waals surface area contributed by atoms with Gasteiger partial charge < -0.3 is 20.5 Å². The molecule has 1 aliphatic rings. The lowest BCUT2D eigenvalue weighted by Crippen LogP contribution is -2.32. The summed E-state index contributed by atoms with van der Waals surface area (Å²) in [5.74, 6) is 2.90. The zero-order valence-corrected chi connectivity index (χ0v) is 16.7. The number of fused-ring (bicyclic) bond motifs is 1. The summed E-state index contributed by atoms with van der Waals surface area (Å²) >= 11 is 0. The van der Waals surface area contributed by atoms with Crippen LogP contribution in [-0.4, -0.2) is 25.7 Å². The van der Waals surface area contributed by atoms with Crippen molar-refractivity contribution in [2.75, 3.05) is 13.7 Å². The van der Waals surface area contributed by atoms with Gasteiger partial charge in [0.2, 0.25) is 0 Å². The summed E-state index contributed by atoms with van der Waals surface area (Å²) < 4.78 is 11.3. The SMILES string of the molecule is COc1cc2c(cc1CN=C(N)NCCC(C)C)OC(C)C2.I. The minimum atomic E-state index is 0. The fourth-order valence-corrected chi connectivity index (χ4v) is 2.51. The Hall–Kier alpha value is -1.18. The van der Waals surface area contributed by atoms with E-state index in [1.807, 2.05) is 12.1 Å². The van der Waals surface area contributed by atoms with Crippen molar-refractivity contribution in [1.82, 2.24) is 5.32 Å². The minimum absolute atomic E-state index is 0. The summed E-state index contributed by atoms with van der Waals surface area (Å²) in [6, 6.07) is 4.06. The quantitative estimate of drug-likeness (QED) is 0.411. The van der Waals surface area contributed by atoms with Crippen molar-refractivity contribution in [1.29, 1.82) is 0 Å². The standard InChI is InChI=1S/C17H27N3O2.HI/c1-11(2)5-6-19-17(18)20-10-14-9-16-13(7-12(3)22-16)8-15(14)21-4;/h8-9,11-12H,5-7,10H2,1-4H3,(H3,18,19,20);1H. The van der Waals surface area contributed by atoms with E-state index in [4.69, 9.17) is 15.2 Å². The van der Waals surface area contributed by atoms with Gasteiger partial charge in [-0.1, -0.05) is 13.8 Å². The van der Waals surface area contributed by atoms with Crippen molar-refractivity contribution in [3.05, 3.63) is 23.3 Å². The first kappa shape index (κ1) is 19.9. The van der Waals surface area contributed by atoms with E-state index in [0.29, 0.717) is 18.4 Å². The number of hydrogen-bond donors (Lipinski definition) is 2.